The highest BCUT2D eigenvalue weighted by Crippen LogP contribution is 2.24. The van der Waals surface area contributed by atoms with E-state index in [1.54, 1.807) is 24.3 Å². The lowest BCUT2D eigenvalue weighted by atomic mass is 10.1. The summed E-state index contributed by atoms with van der Waals surface area (Å²) >= 11 is 0. The maximum Gasteiger partial charge on any atom is 0.317 e. The zero-order valence-electron chi connectivity index (χ0n) is 11.6. The molecule has 0 fully saturated rings. The van der Waals surface area contributed by atoms with Crippen LogP contribution in [-0.4, -0.2) is 41.2 Å². The average molecular weight is 264 g/mol. The third-order valence-electron chi connectivity index (χ3n) is 2.87. The molecule has 0 saturated carbocycles. The molecule has 0 aliphatic carbocycles. The van der Waals surface area contributed by atoms with Gasteiger partial charge in [-0.25, -0.2) is 0 Å². The molecule has 1 heterocycles. The highest BCUT2D eigenvalue weighted by Gasteiger charge is 2.14. The lowest BCUT2D eigenvalue weighted by molar-refractivity contribution is -0.138. The van der Waals surface area contributed by atoms with Gasteiger partial charge in [0, 0.05) is 30.4 Å². The van der Waals surface area contributed by atoms with Crippen LogP contribution in [0.5, 0.6) is 5.75 Å². The van der Waals surface area contributed by atoms with Gasteiger partial charge in [0.2, 0.25) is 0 Å². The molecule has 1 aromatic heterocycles. The van der Waals surface area contributed by atoms with Crippen LogP contribution in [0.4, 0.5) is 0 Å². The van der Waals surface area contributed by atoms with Crippen molar-refractivity contribution in [2.75, 3.05) is 20.2 Å². The van der Waals surface area contributed by atoms with Crippen LogP contribution in [0, 0.1) is 13.8 Å². The number of hydrogen-bond acceptors (Lipinski definition) is 4. The van der Waals surface area contributed by atoms with Crippen LogP contribution < -0.4 is 4.74 Å². The first kappa shape index (κ1) is 15.2. The van der Waals surface area contributed by atoms with Gasteiger partial charge in [0.25, 0.3) is 0 Å². The molecule has 0 amide bonds. The van der Waals surface area contributed by atoms with E-state index in [-0.39, 0.29) is 6.54 Å². The third kappa shape index (κ3) is 4.06. The van der Waals surface area contributed by atoms with Crippen molar-refractivity contribution < 1.29 is 14.6 Å². The van der Waals surface area contributed by atoms with Crippen LogP contribution in [0.1, 0.15) is 16.8 Å². The maximum absolute atomic E-state index is 10.8. The van der Waals surface area contributed by atoms with Gasteiger partial charge in [-0.05, 0) is 13.8 Å². The minimum Gasteiger partial charge on any atom is -0.496 e. The summed E-state index contributed by atoms with van der Waals surface area (Å²) in [6, 6.07) is 0. The predicted octanol–water partition coefficient (Wildman–Crippen LogP) is 1.78. The highest BCUT2D eigenvalue weighted by molar-refractivity contribution is 5.69. The van der Waals surface area contributed by atoms with Crippen molar-refractivity contribution in [3.8, 4) is 5.75 Å². The van der Waals surface area contributed by atoms with Crippen LogP contribution in [0.15, 0.2) is 18.9 Å². The fourth-order valence-electron chi connectivity index (χ4n) is 2.00. The number of pyridine rings is 1. The van der Waals surface area contributed by atoms with Gasteiger partial charge in [-0.1, -0.05) is 6.08 Å². The molecule has 1 aromatic rings. The van der Waals surface area contributed by atoms with Gasteiger partial charge in [0.1, 0.15) is 5.75 Å². The molecule has 0 saturated heterocycles. The summed E-state index contributed by atoms with van der Waals surface area (Å²) in [4.78, 5) is 16.9. The Kier molecular flexibility index (Phi) is 5.51. The van der Waals surface area contributed by atoms with E-state index in [9.17, 15) is 4.79 Å². The summed E-state index contributed by atoms with van der Waals surface area (Å²) in [5.41, 5.74) is 2.74. The molecule has 0 aromatic carbocycles. The van der Waals surface area contributed by atoms with Gasteiger partial charge in [-0.2, -0.15) is 0 Å². The molecule has 1 rings (SSSR count). The average Bonchev–Trinajstić information content (AvgIpc) is 2.33. The summed E-state index contributed by atoms with van der Waals surface area (Å²) in [6.07, 6.45) is 3.43. The molecule has 0 aliphatic heterocycles. The summed E-state index contributed by atoms with van der Waals surface area (Å²) in [7, 11) is 1.62. The van der Waals surface area contributed by atoms with Gasteiger partial charge in [-0.3, -0.25) is 14.7 Å². The first-order valence-electron chi connectivity index (χ1n) is 6.03. The Morgan fingerprint density at radius 1 is 1.58 bits per heavy atom. The summed E-state index contributed by atoms with van der Waals surface area (Å²) in [6.45, 7) is 8.43. The number of nitrogens with zero attached hydrogens (tertiary/aromatic N) is 2. The number of carboxylic acids is 1. The minimum atomic E-state index is -0.862. The summed E-state index contributed by atoms with van der Waals surface area (Å²) in [5.74, 6) is -0.0579. The molecule has 0 unspecified atom stereocenters. The second kappa shape index (κ2) is 6.89. The zero-order valence-corrected chi connectivity index (χ0v) is 11.6. The second-order valence-electron chi connectivity index (χ2n) is 4.40. The first-order chi connectivity index (χ1) is 8.99. The van der Waals surface area contributed by atoms with E-state index in [1.807, 2.05) is 13.8 Å². The van der Waals surface area contributed by atoms with E-state index in [1.165, 1.54) is 0 Å². The molecule has 0 spiro atoms. The molecule has 1 N–H and O–H groups in total. The second-order valence-corrected chi connectivity index (χ2v) is 4.40. The van der Waals surface area contributed by atoms with Crippen molar-refractivity contribution in [1.29, 1.82) is 0 Å². The monoisotopic (exact) mass is 264 g/mol. The van der Waals surface area contributed by atoms with Crippen LogP contribution in [0.3, 0.4) is 0 Å². The summed E-state index contributed by atoms with van der Waals surface area (Å²) in [5, 5.41) is 8.88. The van der Waals surface area contributed by atoms with Crippen molar-refractivity contribution >= 4 is 5.97 Å². The Morgan fingerprint density at radius 2 is 2.26 bits per heavy atom. The van der Waals surface area contributed by atoms with Crippen molar-refractivity contribution in [1.82, 2.24) is 9.88 Å². The fraction of sp³-hybridized carbons (Fsp3) is 0.429. The van der Waals surface area contributed by atoms with Crippen LogP contribution in [0.2, 0.25) is 0 Å². The first-order valence-corrected chi connectivity index (χ1v) is 6.03. The van der Waals surface area contributed by atoms with Crippen molar-refractivity contribution in [2.24, 2.45) is 0 Å². The Balaban J connectivity index is 2.96. The van der Waals surface area contributed by atoms with E-state index in [0.29, 0.717) is 13.1 Å². The molecule has 0 aliphatic rings. The number of aliphatic carboxylic acids is 1. The molecule has 0 radical (unpaired) electrons. The molecular formula is C14H20N2O3. The zero-order chi connectivity index (χ0) is 14.4. The smallest absolute Gasteiger partial charge is 0.317 e. The molecular weight excluding hydrogens is 244 g/mol. The number of hydrogen-bond donors (Lipinski definition) is 1. The number of aromatic nitrogens is 1. The Bertz CT molecular complexity index is 472. The van der Waals surface area contributed by atoms with Crippen molar-refractivity contribution in [3.05, 3.63) is 35.7 Å². The lowest BCUT2D eigenvalue weighted by Crippen LogP contribution is -2.30. The molecule has 5 heteroatoms. The normalized spacial score (nSPS) is 10.5. The molecule has 104 valence electrons. The Morgan fingerprint density at radius 3 is 2.79 bits per heavy atom. The Hall–Kier alpha value is -1.88. The quantitative estimate of drug-likeness (QED) is 0.761. The van der Waals surface area contributed by atoms with Gasteiger partial charge < -0.3 is 9.84 Å². The van der Waals surface area contributed by atoms with Crippen LogP contribution in [-0.2, 0) is 11.3 Å². The standard InChI is InChI=1S/C14H20N2O3/c1-5-6-16(9-13(17)18)8-12-11(3)14(19-4)10(2)7-15-12/h5,7H,1,6,8-9H2,2-4H3,(H,17,18). The molecule has 0 atom stereocenters. The van der Waals surface area contributed by atoms with Crippen molar-refractivity contribution in [2.45, 2.75) is 20.4 Å². The number of rotatable bonds is 7. The fourth-order valence-corrected chi connectivity index (χ4v) is 2.00. The van der Waals surface area contributed by atoms with Crippen LogP contribution in [0.25, 0.3) is 0 Å². The van der Waals surface area contributed by atoms with E-state index in [4.69, 9.17) is 9.84 Å². The number of carbonyl (C=O) groups is 1. The topological polar surface area (TPSA) is 62.7 Å². The van der Waals surface area contributed by atoms with Gasteiger partial charge in [-0.15, -0.1) is 6.58 Å². The highest BCUT2D eigenvalue weighted by atomic mass is 16.5. The van der Waals surface area contributed by atoms with E-state index >= 15 is 0 Å². The SMILES string of the molecule is C=CCN(CC(=O)O)Cc1ncc(C)c(OC)c1C. The van der Waals surface area contributed by atoms with E-state index in [0.717, 1.165) is 22.6 Å². The van der Waals surface area contributed by atoms with Crippen molar-refractivity contribution in [3.63, 3.8) is 0 Å². The minimum absolute atomic E-state index is 0.0384. The van der Waals surface area contributed by atoms with Gasteiger partial charge >= 0.3 is 5.97 Å². The number of aryl methyl sites for hydroxylation is 1. The van der Waals surface area contributed by atoms with Crippen LogP contribution >= 0.6 is 0 Å². The lowest BCUT2D eigenvalue weighted by Gasteiger charge is -2.20. The Labute approximate surface area is 113 Å². The molecule has 19 heavy (non-hydrogen) atoms. The predicted molar refractivity (Wildman–Crippen MR) is 73.4 cm³/mol. The number of methoxy groups -OCH3 is 1. The van der Waals surface area contributed by atoms with E-state index < -0.39 is 5.97 Å². The number of carboxylic acid groups (broad SMARTS) is 1. The molecule has 5 nitrogen and oxygen atoms in total. The third-order valence-corrected chi connectivity index (χ3v) is 2.87. The van der Waals surface area contributed by atoms with Gasteiger partial charge in [0.05, 0.1) is 19.3 Å². The summed E-state index contributed by atoms with van der Waals surface area (Å²) < 4.78 is 5.34. The maximum atomic E-state index is 10.8. The largest absolute Gasteiger partial charge is 0.496 e. The van der Waals surface area contributed by atoms with E-state index in [2.05, 4.69) is 11.6 Å². The number of ether oxygens (including phenoxy) is 1. The molecule has 0 bridgehead atoms. The van der Waals surface area contributed by atoms with Gasteiger partial charge in [0.15, 0.2) is 0 Å².